The van der Waals surface area contributed by atoms with Crippen LogP contribution in [-0.2, 0) is 11.2 Å². The molecule has 1 aromatic rings. The zero-order chi connectivity index (χ0) is 18.3. The third-order valence-electron chi connectivity index (χ3n) is 4.99. The first-order chi connectivity index (χ1) is 12.9. The molecule has 1 unspecified atom stereocenters. The Kier molecular flexibility index (Phi) is 11.2. The van der Waals surface area contributed by atoms with Crippen molar-refractivity contribution in [1.82, 2.24) is 0 Å². The molecule has 0 aromatic heterocycles. The third-order valence-corrected chi connectivity index (χ3v) is 4.99. The standard InChI is InChI=1S/C24H38O2/c1-2-3-4-5-6-7-8-9-10-11-12-13-14-15-22-16-18-23(19-17-22)25-20-24-21-26-24/h7-8,16-19,24H,2-6,9-15,20-21H2,1H3/b8-7+. The molecular weight excluding hydrogens is 320 g/mol. The van der Waals surface area contributed by atoms with Gasteiger partial charge >= 0.3 is 0 Å². The van der Waals surface area contributed by atoms with E-state index in [1.807, 2.05) is 0 Å². The molecule has 1 aromatic carbocycles. The van der Waals surface area contributed by atoms with Gasteiger partial charge in [0.25, 0.3) is 0 Å². The normalized spacial score (nSPS) is 16.3. The van der Waals surface area contributed by atoms with Gasteiger partial charge in [0.2, 0.25) is 0 Å². The summed E-state index contributed by atoms with van der Waals surface area (Å²) in [6, 6.07) is 8.58. The van der Waals surface area contributed by atoms with Gasteiger partial charge in [-0.1, -0.05) is 69.7 Å². The second-order valence-corrected chi connectivity index (χ2v) is 7.54. The van der Waals surface area contributed by atoms with Gasteiger partial charge in [0.15, 0.2) is 0 Å². The number of epoxide rings is 1. The molecule has 146 valence electrons. The van der Waals surface area contributed by atoms with Crippen molar-refractivity contribution < 1.29 is 9.47 Å². The summed E-state index contributed by atoms with van der Waals surface area (Å²) in [5.41, 5.74) is 1.42. The van der Waals surface area contributed by atoms with Crippen molar-refractivity contribution in [3.05, 3.63) is 42.0 Å². The number of allylic oxidation sites excluding steroid dienone is 2. The fraction of sp³-hybridized carbons (Fsp3) is 0.667. The van der Waals surface area contributed by atoms with Gasteiger partial charge < -0.3 is 9.47 Å². The lowest BCUT2D eigenvalue weighted by molar-refractivity contribution is 0.263. The molecule has 1 aliphatic heterocycles. The highest BCUT2D eigenvalue weighted by Crippen LogP contribution is 2.17. The van der Waals surface area contributed by atoms with Crippen LogP contribution >= 0.6 is 0 Å². The Morgan fingerprint density at radius 1 is 0.885 bits per heavy atom. The van der Waals surface area contributed by atoms with Gasteiger partial charge in [0.05, 0.1) is 6.61 Å². The molecule has 1 fully saturated rings. The Hall–Kier alpha value is -1.28. The number of hydrogen-bond acceptors (Lipinski definition) is 2. The molecule has 2 nitrogen and oxygen atoms in total. The van der Waals surface area contributed by atoms with Gasteiger partial charge in [-0.15, -0.1) is 0 Å². The van der Waals surface area contributed by atoms with E-state index < -0.39 is 0 Å². The minimum atomic E-state index is 0.330. The van der Waals surface area contributed by atoms with Crippen LogP contribution in [-0.4, -0.2) is 19.3 Å². The Morgan fingerprint density at radius 3 is 2.15 bits per heavy atom. The van der Waals surface area contributed by atoms with Gasteiger partial charge in [-0.05, 0) is 56.2 Å². The van der Waals surface area contributed by atoms with Gasteiger partial charge in [0.1, 0.15) is 18.5 Å². The monoisotopic (exact) mass is 358 g/mol. The maximum absolute atomic E-state index is 5.68. The van der Waals surface area contributed by atoms with Crippen molar-refractivity contribution in [3.63, 3.8) is 0 Å². The van der Waals surface area contributed by atoms with Crippen LogP contribution in [0, 0.1) is 0 Å². The van der Waals surface area contributed by atoms with E-state index >= 15 is 0 Å². The number of hydrogen-bond donors (Lipinski definition) is 0. The molecule has 0 aliphatic carbocycles. The highest BCUT2D eigenvalue weighted by atomic mass is 16.6. The number of benzene rings is 1. The summed E-state index contributed by atoms with van der Waals surface area (Å²) >= 11 is 0. The first-order valence-electron chi connectivity index (χ1n) is 10.9. The van der Waals surface area contributed by atoms with Crippen LogP contribution in [0.5, 0.6) is 5.75 Å². The number of unbranched alkanes of at least 4 members (excludes halogenated alkanes) is 9. The van der Waals surface area contributed by atoms with E-state index in [1.165, 1.54) is 82.6 Å². The smallest absolute Gasteiger partial charge is 0.119 e. The molecule has 26 heavy (non-hydrogen) atoms. The van der Waals surface area contributed by atoms with E-state index in [0.29, 0.717) is 12.7 Å². The summed E-state index contributed by atoms with van der Waals surface area (Å²) in [6.07, 6.45) is 21.1. The van der Waals surface area contributed by atoms with Crippen LogP contribution in [0.4, 0.5) is 0 Å². The summed E-state index contributed by atoms with van der Waals surface area (Å²) in [5.74, 6) is 0.961. The Morgan fingerprint density at radius 2 is 1.50 bits per heavy atom. The van der Waals surface area contributed by atoms with Gasteiger partial charge in [-0.25, -0.2) is 0 Å². The van der Waals surface area contributed by atoms with E-state index in [4.69, 9.17) is 9.47 Å². The van der Waals surface area contributed by atoms with Crippen molar-refractivity contribution in [2.24, 2.45) is 0 Å². The fourth-order valence-electron chi connectivity index (χ4n) is 3.15. The second-order valence-electron chi connectivity index (χ2n) is 7.54. The Balaban J connectivity index is 1.38. The first kappa shape index (κ1) is 21.0. The van der Waals surface area contributed by atoms with Crippen LogP contribution in [0.2, 0.25) is 0 Å². The lowest BCUT2D eigenvalue weighted by Gasteiger charge is -2.06. The summed E-state index contributed by atoms with van der Waals surface area (Å²) < 4.78 is 10.8. The average molecular weight is 359 g/mol. The van der Waals surface area contributed by atoms with E-state index in [2.05, 4.69) is 43.3 Å². The number of aryl methyl sites for hydroxylation is 1. The summed E-state index contributed by atoms with van der Waals surface area (Å²) in [7, 11) is 0. The lowest BCUT2D eigenvalue weighted by atomic mass is 10.0. The number of ether oxygens (including phenoxy) is 2. The molecule has 0 N–H and O–H groups in total. The average Bonchev–Trinajstić information content (AvgIpc) is 3.49. The van der Waals surface area contributed by atoms with Gasteiger partial charge in [-0.2, -0.15) is 0 Å². The van der Waals surface area contributed by atoms with Gasteiger partial charge in [0, 0.05) is 0 Å². The third kappa shape index (κ3) is 10.7. The minimum absolute atomic E-state index is 0.330. The zero-order valence-electron chi connectivity index (χ0n) is 16.8. The van der Waals surface area contributed by atoms with E-state index in [1.54, 1.807) is 0 Å². The van der Waals surface area contributed by atoms with Crippen LogP contribution in [0.3, 0.4) is 0 Å². The van der Waals surface area contributed by atoms with Crippen LogP contribution in [0.25, 0.3) is 0 Å². The first-order valence-corrected chi connectivity index (χ1v) is 10.9. The van der Waals surface area contributed by atoms with Gasteiger partial charge in [-0.3, -0.25) is 0 Å². The molecule has 2 heteroatoms. The van der Waals surface area contributed by atoms with E-state index in [-0.39, 0.29) is 0 Å². The summed E-state index contributed by atoms with van der Waals surface area (Å²) in [4.78, 5) is 0. The summed E-state index contributed by atoms with van der Waals surface area (Å²) in [6.45, 7) is 3.81. The topological polar surface area (TPSA) is 21.8 Å². The molecule has 0 saturated carbocycles. The largest absolute Gasteiger partial charge is 0.491 e. The predicted molar refractivity (Wildman–Crippen MR) is 111 cm³/mol. The highest BCUT2D eigenvalue weighted by molar-refractivity contribution is 5.27. The van der Waals surface area contributed by atoms with E-state index in [0.717, 1.165) is 12.4 Å². The molecule has 0 spiro atoms. The zero-order valence-corrected chi connectivity index (χ0v) is 16.8. The quantitative estimate of drug-likeness (QED) is 0.183. The Bertz CT molecular complexity index is 473. The molecule has 1 heterocycles. The summed E-state index contributed by atoms with van der Waals surface area (Å²) in [5, 5.41) is 0. The maximum atomic E-state index is 5.68. The molecule has 0 amide bonds. The highest BCUT2D eigenvalue weighted by Gasteiger charge is 2.22. The van der Waals surface area contributed by atoms with Crippen LogP contribution < -0.4 is 4.74 Å². The van der Waals surface area contributed by atoms with Crippen molar-refractivity contribution in [2.75, 3.05) is 13.2 Å². The SMILES string of the molecule is CCCCCC/C=C/CCCCCCCc1ccc(OCC2CO2)cc1. The molecule has 1 saturated heterocycles. The van der Waals surface area contributed by atoms with Crippen molar-refractivity contribution in [1.29, 1.82) is 0 Å². The second kappa shape index (κ2) is 13.9. The fourth-order valence-corrected chi connectivity index (χ4v) is 3.15. The molecule has 0 radical (unpaired) electrons. The minimum Gasteiger partial charge on any atom is -0.491 e. The molecule has 1 atom stereocenters. The molecular formula is C24H38O2. The van der Waals surface area contributed by atoms with E-state index in [9.17, 15) is 0 Å². The van der Waals surface area contributed by atoms with Crippen molar-refractivity contribution >= 4 is 0 Å². The number of rotatable bonds is 16. The van der Waals surface area contributed by atoms with Crippen molar-refractivity contribution in [3.8, 4) is 5.75 Å². The van der Waals surface area contributed by atoms with Crippen molar-refractivity contribution in [2.45, 2.75) is 90.1 Å². The van der Waals surface area contributed by atoms with Crippen LogP contribution in [0.15, 0.2) is 36.4 Å². The predicted octanol–water partition coefficient (Wildman–Crippen LogP) is 6.87. The molecule has 2 rings (SSSR count). The molecule has 1 aliphatic rings. The lowest BCUT2D eigenvalue weighted by Crippen LogP contribution is -2.03. The van der Waals surface area contributed by atoms with Crippen LogP contribution in [0.1, 0.15) is 83.1 Å². The Labute approximate surface area is 161 Å². The molecule has 0 bridgehead atoms. The maximum Gasteiger partial charge on any atom is 0.119 e.